The number of carbonyl (C=O) groups is 2. The monoisotopic (exact) mass is 394 g/mol. The summed E-state index contributed by atoms with van der Waals surface area (Å²) in [6, 6.07) is 8.07. The Labute approximate surface area is 160 Å². The Kier molecular flexibility index (Phi) is 5.46. The van der Waals surface area contributed by atoms with E-state index in [1.54, 1.807) is 24.0 Å². The van der Waals surface area contributed by atoms with Crippen LogP contribution in [0.25, 0.3) is 0 Å². The second-order valence-electron chi connectivity index (χ2n) is 5.92. The highest BCUT2D eigenvalue weighted by Gasteiger charge is 2.27. The van der Waals surface area contributed by atoms with Gasteiger partial charge in [-0.05, 0) is 36.8 Å². The molecule has 1 saturated heterocycles. The number of carboxylic acid groups (broad SMARTS) is 1. The fraction of sp³-hybridized carbons (Fsp3) is 0.278. The number of benzene rings is 1. The molecule has 1 aliphatic heterocycles. The van der Waals surface area contributed by atoms with Gasteiger partial charge in [-0.15, -0.1) is 0 Å². The zero-order valence-corrected chi connectivity index (χ0v) is 15.4. The van der Waals surface area contributed by atoms with E-state index in [9.17, 15) is 9.59 Å². The number of carboxylic acids is 1. The number of pyridine rings is 1. The van der Waals surface area contributed by atoms with Crippen molar-refractivity contribution >= 4 is 35.1 Å². The fourth-order valence-corrected chi connectivity index (χ4v) is 3.12. The molecule has 1 N–H and O–H groups in total. The fourth-order valence-electron chi connectivity index (χ4n) is 2.82. The van der Waals surface area contributed by atoms with Crippen molar-refractivity contribution < 1.29 is 19.4 Å². The Balaban J connectivity index is 1.78. The molecule has 136 valence electrons. The Morgan fingerprint density at radius 3 is 2.65 bits per heavy atom. The number of rotatable bonds is 3. The van der Waals surface area contributed by atoms with Gasteiger partial charge in [0, 0.05) is 6.54 Å². The number of aryl methyl sites for hydroxylation is 1. The lowest BCUT2D eigenvalue weighted by Gasteiger charge is -2.33. The highest BCUT2D eigenvalue weighted by molar-refractivity contribution is 6.42. The first-order valence-corrected chi connectivity index (χ1v) is 8.69. The van der Waals surface area contributed by atoms with E-state index in [0.717, 1.165) is 5.56 Å². The Morgan fingerprint density at radius 1 is 1.23 bits per heavy atom. The second kappa shape index (κ2) is 7.61. The highest BCUT2D eigenvalue weighted by Crippen LogP contribution is 2.29. The second-order valence-corrected chi connectivity index (χ2v) is 6.73. The van der Waals surface area contributed by atoms with Crippen molar-refractivity contribution in [3.8, 4) is 0 Å². The molecule has 1 amide bonds. The van der Waals surface area contributed by atoms with Crippen LogP contribution in [-0.2, 0) is 4.74 Å². The van der Waals surface area contributed by atoms with Crippen LogP contribution in [0.15, 0.2) is 30.3 Å². The van der Waals surface area contributed by atoms with Crippen LogP contribution in [0.4, 0.5) is 0 Å². The highest BCUT2D eigenvalue weighted by atomic mass is 35.5. The van der Waals surface area contributed by atoms with Crippen LogP contribution in [0.2, 0.25) is 10.0 Å². The van der Waals surface area contributed by atoms with E-state index in [0.29, 0.717) is 35.4 Å². The number of ether oxygens (including phenoxy) is 1. The summed E-state index contributed by atoms with van der Waals surface area (Å²) in [7, 11) is 0. The quantitative estimate of drug-likeness (QED) is 0.859. The summed E-state index contributed by atoms with van der Waals surface area (Å²) >= 11 is 12.0. The van der Waals surface area contributed by atoms with Crippen LogP contribution in [0.3, 0.4) is 0 Å². The molecule has 6 nitrogen and oxygen atoms in total. The SMILES string of the molecule is Cc1nc(C(=O)N2CCOC(c3ccc(Cl)c(Cl)c3)C2)ccc1C(=O)O. The lowest BCUT2D eigenvalue weighted by molar-refractivity contribution is -0.0230. The molecule has 1 atom stereocenters. The first kappa shape index (κ1) is 18.6. The van der Waals surface area contributed by atoms with Crippen molar-refractivity contribution in [2.45, 2.75) is 13.0 Å². The third-order valence-electron chi connectivity index (χ3n) is 4.20. The predicted molar refractivity (Wildman–Crippen MR) is 97.0 cm³/mol. The maximum Gasteiger partial charge on any atom is 0.337 e. The van der Waals surface area contributed by atoms with E-state index in [-0.39, 0.29) is 23.3 Å². The standard InChI is InChI=1S/C18H16Cl2N2O4/c1-10-12(18(24)25)3-5-15(21-10)17(23)22-6-7-26-16(9-22)11-2-4-13(19)14(20)8-11/h2-5,8,16H,6-7,9H2,1H3,(H,24,25). The summed E-state index contributed by atoms with van der Waals surface area (Å²) in [4.78, 5) is 29.6. The van der Waals surface area contributed by atoms with Crippen LogP contribution in [-0.4, -0.2) is 46.6 Å². The van der Waals surface area contributed by atoms with Gasteiger partial charge in [-0.25, -0.2) is 9.78 Å². The first-order valence-electron chi connectivity index (χ1n) is 7.93. The Hall–Kier alpha value is -2.15. The van der Waals surface area contributed by atoms with Crippen LogP contribution >= 0.6 is 23.2 Å². The maximum atomic E-state index is 12.7. The van der Waals surface area contributed by atoms with Crippen molar-refractivity contribution in [3.63, 3.8) is 0 Å². The topological polar surface area (TPSA) is 79.7 Å². The molecule has 0 bridgehead atoms. The van der Waals surface area contributed by atoms with Gasteiger partial charge in [0.15, 0.2) is 0 Å². The molecule has 1 fully saturated rings. The van der Waals surface area contributed by atoms with Crippen molar-refractivity contribution in [3.05, 3.63) is 62.9 Å². The van der Waals surface area contributed by atoms with Gasteiger partial charge in [0.1, 0.15) is 11.8 Å². The van der Waals surface area contributed by atoms with Crippen molar-refractivity contribution in [2.75, 3.05) is 19.7 Å². The molecule has 0 saturated carbocycles. The van der Waals surface area contributed by atoms with E-state index in [1.807, 2.05) is 6.07 Å². The molecule has 8 heteroatoms. The number of aromatic nitrogens is 1. The van der Waals surface area contributed by atoms with Gasteiger partial charge in [0.2, 0.25) is 0 Å². The van der Waals surface area contributed by atoms with Crippen LogP contribution in [0.1, 0.15) is 38.2 Å². The minimum absolute atomic E-state index is 0.0808. The third-order valence-corrected chi connectivity index (χ3v) is 4.94. The van der Waals surface area contributed by atoms with Gasteiger partial charge in [0.25, 0.3) is 5.91 Å². The Morgan fingerprint density at radius 2 is 2.00 bits per heavy atom. The lowest BCUT2D eigenvalue weighted by Crippen LogP contribution is -2.42. The largest absolute Gasteiger partial charge is 0.478 e. The lowest BCUT2D eigenvalue weighted by atomic mass is 10.1. The number of halogens is 2. The number of amides is 1. The minimum Gasteiger partial charge on any atom is -0.478 e. The summed E-state index contributed by atoms with van der Waals surface area (Å²) in [5.41, 5.74) is 1.43. The molecule has 0 aliphatic carbocycles. The summed E-state index contributed by atoms with van der Waals surface area (Å²) < 4.78 is 5.76. The van der Waals surface area contributed by atoms with Crippen molar-refractivity contribution in [1.82, 2.24) is 9.88 Å². The Bertz CT molecular complexity index is 872. The van der Waals surface area contributed by atoms with Gasteiger partial charge in [0.05, 0.1) is 34.5 Å². The predicted octanol–water partition coefficient (Wildman–Crippen LogP) is 3.61. The molecular weight excluding hydrogens is 379 g/mol. The number of carbonyl (C=O) groups excluding carboxylic acids is 1. The summed E-state index contributed by atoms with van der Waals surface area (Å²) in [6.07, 6.45) is -0.318. The van der Waals surface area contributed by atoms with Crippen molar-refractivity contribution in [1.29, 1.82) is 0 Å². The van der Waals surface area contributed by atoms with Gasteiger partial charge in [-0.2, -0.15) is 0 Å². The number of morpholine rings is 1. The normalized spacial score (nSPS) is 17.2. The molecule has 1 aromatic heterocycles. The number of hydrogen-bond acceptors (Lipinski definition) is 4. The van der Waals surface area contributed by atoms with E-state index < -0.39 is 5.97 Å². The van der Waals surface area contributed by atoms with Gasteiger partial charge in [-0.3, -0.25) is 4.79 Å². The molecule has 26 heavy (non-hydrogen) atoms. The molecule has 2 heterocycles. The molecule has 1 unspecified atom stereocenters. The molecule has 1 aromatic carbocycles. The molecule has 0 spiro atoms. The third kappa shape index (κ3) is 3.82. The van der Waals surface area contributed by atoms with Gasteiger partial charge in [-0.1, -0.05) is 29.3 Å². The molecule has 3 rings (SSSR count). The van der Waals surface area contributed by atoms with E-state index in [1.165, 1.54) is 12.1 Å². The molecule has 1 aliphatic rings. The van der Waals surface area contributed by atoms with Gasteiger partial charge < -0.3 is 14.7 Å². The smallest absolute Gasteiger partial charge is 0.337 e. The van der Waals surface area contributed by atoms with Crippen LogP contribution < -0.4 is 0 Å². The zero-order chi connectivity index (χ0) is 18.8. The number of hydrogen-bond donors (Lipinski definition) is 1. The first-order chi connectivity index (χ1) is 12.4. The summed E-state index contributed by atoms with van der Waals surface area (Å²) in [5, 5.41) is 9.96. The number of aromatic carboxylic acids is 1. The summed E-state index contributed by atoms with van der Waals surface area (Å²) in [6.45, 7) is 2.72. The minimum atomic E-state index is -1.07. The molecular formula is C18H16Cl2N2O4. The zero-order valence-electron chi connectivity index (χ0n) is 13.9. The van der Waals surface area contributed by atoms with Crippen LogP contribution in [0.5, 0.6) is 0 Å². The molecule has 2 aromatic rings. The average Bonchev–Trinajstić information content (AvgIpc) is 2.63. The summed E-state index contributed by atoms with van der Waals surface area (Å²) in [5.74, 6) is -1.33. The maximum absolute atomic E-state index is 12.7. The van der Waals surface area contributed by atoms with E-state index >= 15 is 0 Å². The van der Waals surface area contributed by atoms with Crippen LogP contribution in [0, 0.1) is 6.92 Å². The van der Waals surface area contributed by atoms with E-state index in [2.05, 4.69) is 4.98 Å². The van der Waals surface area contributed by atoms with Gasteiger partial charge >= 0.3 is 5.97 Å². The molecule has 0 radical (unpaired) electrons. The van der Waals surface area contributed by atoms with E-state index in [4.69, 9.17) is 33.0 Å². The number of nitrogens with zero attached hydrogens (tertiary/aromatic N) is 2. The van der Waals surface area contributed by atoms with Crippen molar-refractivity contribution in [2.24, 2.45) is 0 Å². The average molecular weight is 395 g/mol.